The number of para-hydroxylation sites is 1. The van der Waals surface area contributed by atoms with Crippen molar-refractivity contribution in [3.8, 4) is 0 Å². The molecule has 0 fully saturated rings. The molecule has 0 saturated carbocycles. The number of likely N-dealkylation sites (N-methyl/N-ethyl adjacent to an activating group) is 1. The van der Waals surface area contributed by atoms with Crippen LogP contribution in [0.2, 0.25) is 0 Å². The highest BCUT2D eigenvalue weighted by molar-refractivity contribution is 5.86. The van der Waals surface area contributed by atoms with Gasteiger partial charge < -0.3 is 10.2 Å². The molecular weight excluding hydrogens is 212 g/mol. The second-order valence-electron chi connectivity index (χ2n) is 4.55. The maximum atomic E-state index is 11.5. The van der Waals surface area contributed by atoms with Crippen LogP contribution in [0.1, 0.15) is 18.4 Å². The molecular formula is C14H18N2O. The maximum absolute atomic E-state index is 11.5. The second-order valence-corrected chi connectivity index (χ2v) is 4.55. The highest BCUT2D eigenvalue weighted by Crippen LogP contribution is 2.35. The zero-order chi connectivity index (χ0) is 12.4. The van der Waals surface area contributed by atoms with E-state index in [9.17, 15) is 4.79 Å². The Balaban J connectivity index is 2.17. The molecule has 17 heavy (non-hydrogen) atoms. The fourth-order valence-electron chi connectivity index (χ4n) is 2.36. The first-order chi connectivity index (χ1) is 8.13. The number of nitrogens with one attached hydrogen (secondary N) is 1. The number of hydrogen-bond acceptors (Lipinski definition) is 2. The Hall–Kier alpha value is -1.77. The van der Waals surface area contributed by atoms with Gasteiger partial charge in [-0.05, 0) is 24.6 Å². The molecule has 1 amide bonds. The summed E-state index contributed by atoms with van der Waals surface area (Å²) in [6.07, 6.45) is 1.36. The van der Waals surface area contributed by atoms with Crippen molar-refractivity contribution >= 4 is 11.6 Å². The number of anilines is 1. The fourth-order valence-corrected chi connectivity index (χ4v) is 2.36. The average molecular weight is 230 g/mol. The molecule has 0 radical (unpaired) electrons. The number of carbonyl (C=O) groups excluding carboxylic acids is 1. The number of benzene rings is 1. The average Bonchev–Trinajstić information content (AvgIpc) is 2.65. The van der Waals surface area contributed by atoms with Crippen molar-refractivity contribution in [1.82, 2.24) is 4.90 Å². The van der Waals surface area contributed by atoms with E-state index in [0.717, 1.165) is 6.54 Å². The van der Waals surface area contributed by atoms with Gasteiger partial charge in [0.15, 0.2) is 0 Å². The van der Waals surface area contributed by atoms with Gasteiger partial charge in [0.25, 0.3) is 0 Å². The zero-order valence-electron chi connectivity index (χ0n) is 10.3. The van der Waals surface area contributed by atoms with Gasteiger partial charge in [-0.25, -0.2) is 0 Å². The van der Waals surface area contributed by atoms with Crippen molar-refractivity contribution in [3.63, 3.8) is 0 Å². The quantitative estimate of drug-likeness (QED) is 0.808. The van der Waals surface area contributed by atoms with Gasteiger partial charge in [-0.3, -0.25) is 4.79 Å². The Morgan fingerprint density at radius 3 is 2.94 bits per heavy atom. The molecule has 1 aromatic rings. The van der Waals surface area contributed by atoms with Crippen molar-refractivity contribution in [3.05, 3.63) is 42.5 Å². The number of nitrogens with zero attached hydrogens (tertiary/aromatic N) is 1. The molecule has 1 heterocycles. The van der Waals surface area contributed by atoms with Gasteiger partial charge >= 0.3 is 0 Å². The number of rotatable bonds is 3. The summed E-state index contributed by atoms with van der Waals surface area (Å²) >= 11 is 0. The van der Waals surface area contributed by atoms with E-state index in [-0.39, 0.29) is 5.91 Å². The Kier molecular flexibility index (Phi) is 3.18. The minimum atomic E-state index is -0.0263. The molecule has 90 valence electrons. The van der Waals surface area contributed by atoms with Crippen molar-refractivity contribution < 1.29 is 4.79 Å². The third kappa shape index (κ3) is 2.18. The topological polar surface area (TPSA) is 32.3 Å². The van der Waals surface area contributed by atoms with Crippen LogP contribution in [0, 0.1) is 0 Å². The lowest BCUT2D eigenvalue weighted by atomic mass is 9.95. The molecule has 0 spiro atoms. The van der Waals surface area contributed by atoms with Gasteiger partial charge in [0.05, 0.1) is 0 Å². The van der Waals surface area contributed by atoms with Gasteiger partial charge in [0, 0.05) is 31.2 Å². The van der Waals surface area contributed by atoms with Crippen LogP contribution in [0.3, 0.4) is 0 Å². The molecule has 0 bridgehead atoms. The monoisotopic (exact) mass is 230 g/mol. The van der Waals surface area contributed by atoms with Crippen molar-refractivity contribution in [1.29, 1.82) is 0 Å². The van der Waals surface area contributed by atoms with E-state index in [0.29, 0.717) is 12.0 Å². The maximum Gasteiger partial charge on any atom is 0.245 e. The number of amides is 1. The van der Waals surface area contributed by atoms with Crippen molar-refractivity contribution in [2.24, 2.45) is 0 Å². The van der Waals surface area contributed by atoms with Gasteiger partial charge in [0.2, 0.25) is 5.91 Å². The lowest BCUT2D eigenvalue weighted by molar-refractivity contribution is -0.125. The summed E-state index contributed by atoms with van der Waals surface area (Å²) in [5.41, 5.74) is 2.48. The van der Waals surface area contributed by atoms with E-state index >= 15 is 0 Å². The molecule has 2 rings (SSSR count). The summed E-state index contributed by atoms with van der Waals surface area (Å²) in [5.74, 6) is 0.321. The Labute approximate surface area is 102 Å². The summed E-state index contributed by atoms with van der Waals surface area (Å²) in [7, 11) is 1.82. The molecule has 0 aliphatic carbocycles. The number of fused-ring (bicyclic) bond motifs is 1. The highest BCUT2D eigenvalue weighted by Gasteiger charge is 2.29. The molecule has 1 N–H and O–H groups in total. The fraction of sp³-hybridized carbons (Fsp3) is 0.357. The summed E-state index contributed by atoms with van der Waals surface area (Å²) in [5, 5.41) is 3.45. The predicted octanol–water partition coefficient (Wildman–Crippen LogP) is 2.23. The first-order valence-electron chi connectivity index (χ1n) is 5.86. The Morgan fingerprint density at radius 2 is 2.24 bits per heavy atom. The smallest absolute Gasteiger partial charge is 0.245 e. The van der Waals surface area contributed by atoms with Crippen LogP contribution in [0.5, 0.6) is 0 Å². The minimum absolute atomic E-state index is 0.0263. The predicted molar refractivity (Wildman–Crippen MR) is 70.1 cm³/mol. The van der Waals surface area contributed by atoms with Gasteiger partial charge in [0.1, 0.15) is 0 Å². The molecule has 3 heteroatoms. The molecule has 1 aliphatic rings. The summed E-state index contributed by atoms with van der Waals surface area (Å²) < 4.78 is 0. The normalized spacial score (nSPS) is 21.5. The van der Waals surface area contributed by atoms with Crippen LogP contribution in [0.15, 0.2) is 36.9 Å². The summed E-state index contributed by atoms with van der Waals surface area (Å²) in [6, 6.07) is 8.64. The lowest BCUT2D eigenvalue weighted by Crippen LogP contribution is -2.33. The highest BCUT2D eigenvalue weighted by atomic mass is 16.2. The van der Waals surface area contributed by atoms with E-state index < -0.39 is 0 Å². The van der Waals surface area contributed by atoms with Crippen LogP contribution in [-0.4, -0.2) is 30.4 Å². The lowest BCUT2D eigenvalue weighted by Gasteiger charge is -2.23. The number of carbonyl (C=O) groups is 1. The Bertz CT molecular complexity index is 442. The second kappa shape index (κ2) is 4.62. The van der Waals surface area contributed by atoms with Crippen LogP contribution in [0.25, 0.3) is 0 Å². The molecule has 2 atom stereocenters. The van der Waals surface area contributed by atoms with E-state index in [2.05, 4.69) is 31.0 Å². The third-order valence-corrected chi connectivity index (χ3v) is 3.37. The van der Waals surface area contributed by atoms with E-state index in [1.165, 1.54) is 17.3 Å². The molecule has 3 nitrogen and oxygen atoms in total. The minimum Gasteiger partial charge on any atom is -0.382 e. The van der Waals surface area contributed by atoms with Gasteiger partial charge in [-0.1, -0.05) is 24.8 Å². The molecule has 0 saturated heterocycles. The molecule has 0 aromatic heterocycles. The summed E-state index contributed by atoms with van der Waals surface area (Å²) in [4.78, 5) is 13.2. The Morgan fingerprint density at radius 1 is 1.53 bits per heavy atom. The molecule has 1 aromatic carbocycles. The van der Waals surface area contributed by atoms with Crippen LogP contribution in [-0.2, 0) is 4.79 Å². The van der Waals surface area contributed by atoms with Crippen LogP contribution in [0.4, 0.5) is 5.69 Å². The zero-order valence-corrected chi connectivity index (χ0v) is 10.3. The first-order valence-corrected chi connectivity index (χ1v) is 5.86. The first kappa shape index (κ1) is 11.7. The van der Waals surface area contributed by atoms with E-state index in [4.69, 9.17) is 0 Å². The van der Waals surface area contributed by atoms with Crippen molar-refractivity contribution in [2.75, 3.05) is 18.9 Å². The number of hydrogen-bond donors (Lipinski definition) is 1. The largest absolute Gasteiger partial charge is 0.382 e. The molecule has 2 unspecified atom stereocenters. The van der Waals surface area contributed by atoms with E-state index in [1.54, 1.807) is 4.90 Å². The van der Waals surface area contributed by atoms with Crippen LogP contribution < -0.4 is 5.32 Å². The van der Waals surface area contributed by atoms with Gasteiger partial charge in [-0.15, -0.1) is 0 Å². The summed E-state index contributed by atoms with van der Waals surface area (Å²) in [6.45, 7) is 6.38. The van der Waals surface area contributed by atoms with Gasteiger partial charge in [-0.2, -0.15) is 0 Å². The standard InChI is InChI=1S/C14H18N2O/c1-4-14(17)16(3)9-12-10(2)15-13-8-6-5-7-11(12)13/h4-8,10,12,15H,1,9H2,2-3H3. The van der Waals surface area contributed by atoms with Crippen LogP contribution >= 0.6 is 0 Å². The van der Waals surface area contributed by atoms with Crippen molar-refractivity contribution in [2.45, 2.75) is 18.9 Å². The SMILES string of the molecule is C=CC(=O)N(C)CC1c2ccccc2NC1C. The van der Waals surface area contributed by atoms with E-state index in [1.807, 2.05) is 19.2 Å². The third-order valence-electron chi connectivity index (χ3n) is 3.37. The molecule has 1 aliphatic heterocycles.